The minimum atomic E-state index is -4.62. The van der Waals surface area contributed by atoms with Crippen LogP contribution in [-0.4, -0.2) is 17.7 Å². The van der Waals surface area contributed by atoms with Gasteiger partial charge < -0.3 is 9.47 Å². The van der Waals surface area contributed by atoms with E-state index in [2.05, 4.69) is 10.3 Å². The van der Waals surface area contributed by atoms with Crippen LogP contribution in [-0.2, 0) is 6.18 Å². The van der Waals surface area contributed by atoms with E-state index in [1.165, 1.54) is 12.1 Å². The number of carbonyl (C=O) groups is 1. The molecule has 0 fully saturated rings. The van der Waals surface area contributed by atoms with E-state index in [4.69, 9.17) is 9.47 Å². The minimum Gasteiger partial charge on any atom is -0.454 e. The van der Waals surface area contributed by atoms with E-state index in [1.807, 2.05) is 0 Å². The molecule has 1 aromatic heterocycles. The summed E-state index contributed by atoms with van der Waals surface area (Å²) in [6, 6.07) is 9.90. The number of nitrogens with one attached hydrogen (secondary N) is 1. The zero-order chi connectivity index (χ0) is 19.0. The summed E-state index contributed by atoms with van der Waals surface area (Å²) in [7, 11) is 0. The van der Waals surface area contributed by atoms with Crippen LogP contribution in [0.25, 0.3) is 11.3 Å². The van der Waals surface area contributed by atoms with E-state index in [9.17, 15) is 18.0 Å². The molecule has 9 heteroatoms. The van der Waals surface area contributed by atoms with Crippen LogP contribution >= 0.6 is 11.3 Å². The molecule has 5 nitrogen and oxygen atoms in total. The molecule has 4 rings (SSSR count). The second-order valence-electron chi connectivity index (χ2n) is 5.60. The van der Waals surface area contributed by atoms with Crippen molar-refractivity contribution in [3.63, 3.8) is 0 Å². The largest absolute Gasteiger partial charge is 0.454 e. The number of hydrogen-bond acceptors (Lipinski definition) is 5. The quantitative estimate of drug-likeness (QED) is 0.695. The predicted octanol–water partition coefficient (Wildman–Crippen LogP) is 4.81. The maximum absolute atomic E-state index is 13.1. The fourth-order valence-electron chi connectivity index (χ4n) is 2.61. The molecule has 0 spiro atoms. The van der Waals surface area contributed by atoms with Crippen LogP contribution in [0.4, 0.5) is 18.3 Å². The fourth-order valence-corrected chi connectivity index (χ4v) is 3.33. The number of hydrogen-bond donors (Lipinski definition) is 1. The van der Waals surface area contributed by atoms with Crippen LogP contribution in [0.5, 0.6) is 11.5 Å². The normalized spacial score (nSPS) is 12.9. The summed E-state index contributed by atoms with van der Waals surface area (Å²) >= 11 is 1.12. The maximum Gasteiger partial charge on any atom is 0.417 e. The van der Waals surface area contributed by atoms with Crippen LogP contribution in [0.2, 0.25) is 0 Å². The number of rotatable bonds is 3. The molecular formula is C18H11F3N2O3S. The van der Waals surface area contributed by atoms with Crippen LogP contribution in [0, 0.1) is 0 Å². The molecule has 1 amide bonds. The summed E-state index contributed by atoms with van der Waals surface area (Å²) in [4.78, 5) is 16.6. The van der Waals surface area contributed by atoms with Gasteiger partial charge in [-0.2, -0.15) is 13.2 Å². The molecule has 0 atom stereocenters. The predicted molar refractivity (Wildman–Crippen MR) is 93.1 cm³/mol. The average Bonchev–Trinajstić information content (AvgIpc) is 3.29. The first-order chi connectivity index (χ1) is 12.9. The second kappa shape index (κ2) is 6.58. The van der Waals surface area contributed by atoms with Gasteiger partial charge in [-0.1, -0.05) is 12.1 Å². The molecule has 0 unspecified atom stereocenters. The molecule has 1 aliphatic rings. The van der Waals surface area contributed by atoms with Gasteiger partial charge in [0.2, 0.25) is 6.79 Å². The Morgan fingerprint density at radius 1 is 1.11 bits per heavy atom. The van der Waals surface area contributed by atoms with Crippen molar-refractivity contribution >= 4 is 22.4 Å². The van der Waals surface area contributed by atoms with Gasteiger partial charge in [-0.15, -0.1) is 11.3 Å². The van der Waals surface area contributed by atoms with Gasteiger partial charge in [0.15, 0.2) is 16.6 Å². The van der Waals surface area contributed by atoms with Gasteiger partial charge >= 0.3 is 6.18 Å². The Kier molecular flexibility index (Phi) is 4.23. The Bertz CT molecular complexity index is 1020. The first kappa shape index (κ1) is 17.3. The van der Waals surface area contributed by atoms with Gasteiger partial charge in [-0.25, -0.2) is 4.98 Å². The number of ether oxygens (including phenoxy) is 2. The van der Waals surface area contributed by atoms with E-state index >= 15 is 0 Å². The fraction of sp³-hybridized carbons (Fsp3) is 0.111. The number of thiazole rings is 1. The Morgan fingerprint density at radius 3 is 2.70 bits per heavy atom. The van der Waals surface area contributed by atoms with Crippen molar-refractivity contribution in [1.29, 1.82) is 0 Å². The number of alkyl halides is 3. The van der Waals surface area contributed by atoms with Gasteiger partial charge in [0.05, 0.1) is 16.8 Å². The first-order valence-corrected chi connectivity index (χ1v) is 8.63. The number of nitrogens with zero attached hydrogens (tertiary/aromatic N) is 1. The third-order valence-corrected chi connectivity index (χ3v) is 4.63. The minimum absolute atomic E-state index is 0.149. The molecule has 138 valence electrons. The summed E-state index contributed by atoms with van der Waals surface area (Å²) in [6.07, 6.45) is -4.62. The molecule has 1 aliphatic heterocycles. The molecule has 2 aromatic carbocycles. The van der Waals surface area contributed by atoms with Crippen LogP contribution in [0.15, 0.2) is 47.8 Å². The van der Waals surface area contributed by atoms with Crippen molar-refractivity contribution in [2.24, 2.45) is 0 Å². The number of benzene rings is 2. The number of halogens is 3. The third-order valence-electron chi connectivity index (χ3n) is 3.87. The van der Waals surface area contributed by atoms with Crippen molar-refractivity contribution in [2.45, 2.75) is 6.18 Å². The Hall–Kier alpha value is -3.07. The molecule has 3 aromatic rings. The van der Waals surface area contributed by atoms with Crippen LogP contribution < -0.4 is 14.8 Å². The van der Waals surface area contributed by atoms with E-state index < -0.39 is 23.2 Å². The van der Waals surface area contributed by atoms with Crippen molar-refractivity contribution < 1.29 is 27.4 Å². The van der Waals surface area contributed by atoms with E-state index in [0.717, 1.165) is 29.0 Å². The highest BCUT2D eigenvalue weighted by Gasteiger charge is 2.35. The van der Waals surface area contributed by atoms with Crippen LogP contribution in [0.3, 0.4) is 0 Å². The Morgan fingerprint density at radius 2 is 1.89 bits per heavy atom. The molecule has 0 saturated carbocycles. The molecule has 1 N–H and O–H groups in total. The Balaban J connectivity index is 1.56. The van der Waals surface area contributed by atoms with Crippen molar-refractivity contribution in [2.75, 3.05) is 12.1 Å². The molecule has 0 radical (unpaired) electrons. The van der Waals surface area contributed by atoms with E-state index in [0.29, 0.717) is 17.2 Å². The highest BCUT2D eigenvalue weighted by Crippen LogP contribution is 2.37. The summed E-state index contributed by atoms with van der Waals surface area (Å²) in [6.45, 7) is 0.149. The number of carbonyl (C=O) groups excluding carboxylic acids is 1. The lowest BCUT2D eigenvalue weighted by Crippen LogP contribution is -2.18. The number of fused-ring (bicyclic) bond motifs is 1. The van der Waals surface area contributed by atoms with Crippen molar-refractivity contribution in [3.05, 3.63) is 59.0 Å². The van der Waals surface area contributed by atoms with E-state index in [-0.39, 0.29) is 11.9 Å². The molecule has 2 heterocycles. The second-order valence-corrected chi connectivity index (χ2v) is 6.46. The average molecular weight is 392 g/mol. The summed E-state index contributed by atoms with van der Waals surface area (Å²) in [5.41, 5.74) is -0.135. The maximum atomic E-state index is 13.1. The number of amides is 1. The third kappa shape index (κ3) is 3.45. The topological polar surface area (TPSA) is 60.5 Å². The lowest BCUT2D eigenvalue weighted by Gasteiger charge is -2.11. The van der Waals surface area contributed by atoms with Gasteiger partial charge in [0, 0.05) is 10.9 Å². The number of anilines is 1. The highest BCUT2D eigenvalue weighted by molar-refractivity contribution is 7.14. The first-order valence-electron chi connectivity index (χ1n) is 7.75. The molecule has 0 aliphatic carbocycles. The zero-order valence-corrected chi connectivity index (χ0v) is 14.4. The van der Waals surface area contributed by atoms with Crippen molar-refractivity contribution in [1.82, 2.24) is 4.98 Å². The lowest BCUT2D eigenvalue weighted by molar-refractivity contribution is -0.137. The monoisotopic (exact) mass is 392 g/mol. The molecular weight excluding hydrogens is 381 g/mol. The standard InChI is InChI=1S/C18H11F3N2O3S/c19-18(20,21)12-4-2-1-3-11(12)16(24)23-17-22-13(8-27-17)10-5-6-14-15(7-10)26-9-25-14/h1-8H,9H2,(H,22,23,24). The summed E-state index contributed by atoms with van der Waals surface area (Å²) in [5.74, 6) is 0.353. The van der Waals surface area contributed by atoms with Crippen molar-refractivity contribution in [3.8, 4) is 22.8 Å². The SMILES string of the molecule is O=C(Nc1nc(-c2ccc3c(c2)OCO3)cs1)c1ccccc1C(F)(F)F. The highest BCUT2D eigenvalue weighted by atomic mass is 32.1. The smallest absolute Gasteiger partial charge is 0.417 e. The molecule has 0 bridgehead atoms. The number of aromatic nitrogens is 1. The lowest BCUT2D eigenvalue weighted by atomic mass is 10.1. The van der Waals surface area contributed by atoms with Gasteiger partial charge in [0.1, 0.15) is 0 Å². The summed E-state index contributed by atoms with van der Waals surface area (Å²) < 4.78 is 49.8. The van der Waals surface area contributed by atoms with E-state index in [1.54, 1.807) is 23.6 Å². The van der Waals surface area contributed by atoms with Crippen LogP contribution in [0.1, 0.15) is 15.9 Å². The Labute approximate surface area is 155 Å². The molecule has 0 saturated heterocycles. The van der Waals surface area contributed by atoms with Gasteiger partial charge in [0.25, 0.3) is 5.91 Å². The van der Waals surface area contributed by atoms with Gasteiger partial charge in [-0.05, 0) is 30.3 Å². The zero-order valence-electron chi connectivity index (χ0n) is 13.5. The summed E-state index contributed by atoms with van der Waals surface area (Å²) in [5, 5.41) is 4.32. The van der Waals surface area contributed by atoms with Gasteiger partial charge in [-0.3, -0.25) is 10.1 Å². The molecule has 27 heavy (non-hydrogen) atoms.